The smallest absolute Gasteiger partial charge is 0.238 e. The number of nitrogens with zero attached hydrogens (tertiary/aromatic N) is 4. The second kappa shape index (κ2) is 19.9. The molecule has 83 heavy (non-hydrogen) atoms. The molecule has 0 fully saturated rings. The lowest BCUT2D eigenvalue weighted by Crippen LogP contribution is -2.74. The first-order chi connectivity index (χ1) is 41.2. The van der Waals surface area contributed by atoms with Gasteiger partial charge in [-0.25, -0.2) is 4.98 Å². The van der Waals surface area contributed by atoms with Crippen LogP contribution in [0.2, 0.25) is 0 Å². The second-order valence-electron chi connectivity index (χ2n) is 22.1. The van der Waals surface area contributed by atoms with Crippen molar-refractivity contribution in [3.63, 3.8) is 0 Å². The monoisotopic (exact) mass is 1090 g/mol. The largest absolute Gasteiger partial charge is 0.278 e. The van der Waals surface area contributed by atoms with Crippen LogP contribution in [0.5, 0.6) is 0 Å². The van der Waals surface area contributed by atoms with E-state index in [9.17, 15) is 0 Å². The van der Waals surface area contributed by atoms with Gasteiger partial charge in [0.1, 0.15) is 0 Å². The fourth-order valence-electron chi connectivity index (χ4n) is 14.5. The molecule has 6 heteroatoms. The lowest BCUT2D eigenvalue weighted by atomic mass is 9.60. The highest BCUT2D eigenvalue weighted by atomic mass is 28.3. The van der Waals surface area contributed by atoms with Crippen molar-refractivity contribution >= 4 is 79.4 Å². The Morgan fingerprint density at radius 1 is 0.253 bits per heavy atom. The maximum atomic E-state index is 5.60. The van der Waals surface area contributed by atoms with Gasteiger partial charge in [0.2, 0.25) is 5.95 Å². The van der Waals surface area contributed by atoms with E-state index < -0.39 is 16.1 Å². The van der Waals surface area contributed by atoms with E-state index in [1.54, 1.807) is 0 Å². The van der Waals surface area contributed by atoms with Gasteiger partial charge < -0.3 is 0 Å². The third-order valence-corrected chi connectivity index (χ3v) is 27.6. The van der Waals surface area contributed by atoms with Crippen LogP contribution in [-0.4, -0.2) is 35.7 Å². The minimum absolute atomic E-state index is 0.0866. The fourth-order valence-corrected chi connectivity index (χ4v) is 24.0. The van der Waals surface area contributed by atoms with Crippen LogP contribution in [0.15, 0.2) is 315 Å². The summed E-state index contributed by atoms with van der Waals surface area (Å²) in [5.41, 5.74) is 12.3. The highest BCUT2D eigenvalue weighted by Crippen LogP contribution is 2.58. The summed E-state index contributed by atoms with van der Waals surface area (Å²) < 4.78 is 2.30. The van der Waals surface area contributed by atoms with E-state index in [1.165, 1.54) is 85.6 Å². The first-order valence-corrected chi connectivity index (χ1v) is 32.7. The van der Waals surface area contributed by atoms with Crippen molar-refractivity contribution in [2.75, 3.05) is 0 Å². The first-order valence-electron chi connectivity index (χ1n) is 28.7. The van der Waals surface area contributed by atoms with Crippen LogP contribution in [0.3, 0.4) is 0 Å². The predicted molar refractivity (Wildman–Crippen MR) is 347 cm³/mol. The van der Waals surface area contributed by atoms with Crippen LogP contribution in [0.4, 0.5) is 0 Å². The predicted octanol–water partition coefficient (Wildman–Crippen LogP) is 12.0. The summed E-state index contributed by atoms with van der Waals surface area (Å²) in [6.07, 6.45) is 0. The van der Waals surface area contributed by atoms with Crippen molar-refractivity contribution < 1.29 is 0 Å². The number of hydrogen-bond donors (Lipinski definition) is 0. The van der Waals surface area contributed by atoms with E-state index in [2.05, 4.69) is 320 Å². The van der Waals surface area contributed by atoms with E-state index in [1.807, 2.05) is 0 Å². The maximum Gasteiger partial charge on any atom is 0.238 e. The molecule has 12 aromatic carbocycles. The summed E-state index contributed by atoms with van der Waals surface area (Å²) in [5, 5.41) is 12.9. The number of hydrogen-bond acceptors (Lipinski definition) is 3. The SMILES string of the molecule is c1ccc([Si](c2ccccc2)(c2ccccc2)c2ccc(-c3nc(-c4ccc([Si](c5ccccc5)(c5ccccc5)c5ccccc5)cc4)nc(-n4c5ccccc5c5c6c(ccc54)C4c5ccccc5C6c5ccccc54)n3)cc2)cc1. The Balaban J connectivity index is 0.917. The lowest BCUT2D eigenvalue weighted by Gasteiger charge is -2.42. The molecule has 14 aromatic rings. The van der Waals surface area contributed by atoms with Gasteiger partial charge in [0.25, 0.3) is 0 Å². The van der Waals surface area contributed by atoms with Gasteiger partial charge in [-0.05, 0) is 87.0 Å². The molecule has 0 N–H and O–H groups in total. The third-order valence-electron chi connectivity index (χ3n) is 18.0. The number of rotatable bonds is 11. The topological polar surface area (TPSA) is 43.6 Å². The molecule has 0 saturated heterocycles. The summed E-state index contributed by atoms with van der Waals surface area (Å²) in [6, 6.07) is 117. The van der Waals surface area contributed by atoms with Crippen molar-refractivity contribution in [2.24, 2.45) is 0 Å². The molecule has 0 radical (unpaired) electrons. The molecule has 2 bridgehead atoms. The van der Waals surface area contributed by atoms with E-state index in [0.29, 0.717) is 17.6 Å². The molecule has 0 unspecified atom stereocenters. The summed E-state index contributed by atoms with van der Waals surface area (Å²) in [7, 11) is -5.63. The molecular weight excluding hydrogens is 1040 g/mol. The summed E-state index contributed by atoms with van der Waals surface area (Å²) >= 11 is 0. The maximum absolute atomic E-state index is 5.60. The Labute approximate surface area is 485 Å². The molecule has 2 aromatic heterocycles. The van der Waals surface area contributed by atoms with Crippen LogP contribution in [0.25, 0.3) is 50.5 Å². The molecule has 0 amide bonds. The van der Waals surface area contributed by atoms with Crippen LogP contribution < -0.4 is 41.5 Å². The van der Waals surface area contributed by atoms with E-state index in [4.69, 9.17) is 15.0 Å². The molecule has 3 aliphatic carbocycles. The van der Waals surface area contributed by atoms with Crippen LogP contribution in [0, 0.1) is 0 Å². The lowest BCUT2D eigenvalue weighted by molar-refractivity contribution is 0.761. The van der Waals surface area contributed by atoms with Gasteiger partial charge in [-0.3, -0.25) is 4.57 Å². The zero-order chi connectivity index (χ0) is 54.9. The molecule has 0 spiro atoms. The molecule has 0 saturated carbocycles. The summed E-state index contributed by atoms with van der Waals surface area (Å²) in [6.45, 7) is 0. The van der Waals surface area contributed by atoms with Gasteiger partial charge in [-0.1, -0.05) is 303 Å². The van der Waals surface area contributed by atoms with Crippen molar-refractivity contribution in [1.29, 1.82) is 0 Å². The quantitative estimate of drug-likeness (QED) is 0.0958. The minimum atomic E-state index is -2.81. The Kier molecular flexibility index (Phi) is 11.7. The molecule has 17 rings (SSSR count). The first kappa shape index (κ1) is 48.8. The number of para-hydroxylation sites is 1. The van der Waals surface area contributed by atoms with Crippen LogP contribution >= 0.6 is 0 Å². The summed E-state index contributed by atoms with van der Waals surface area (Å²) in [5.74, 6) is 2.03. The van der Waals surface area contributed by atoms with E-state index in [-0.39, 0.29) is 11.8 Å². The molecule has 3 aliphatic rings. The highest BCUT2D eigenvalue weighted by Gasteiger charge is 2.45. The molecule has 0 aliphatic heterocycles. The standard InChI is InChI=1S/C77H54N4Si2/c1-7-25-55(26-8-1)82(56-27-9-2-10-28-56,57-29-11-3-12-30-57)61-47-43-53(44-48-61)75-78-76(54-45-49-62(50-46-54)83(58-31-13-4-14-32-58,59-33-15-5-16-34-59)60-35-17-6-18-36-60)80-77(79-75)81-69-42-24-23-41-67(69)73-70(81)52-51-68-71-63-37-19-21-39-65(63)72(74(68)73)66-40-22-20-38-64(66)71/h1-52,71-72H. The number of fused-ring (bicyclic) bond motifs is 3. The van der Waals surface area contributed by atoms with Crippen molar-refractivity contribution in [3.8, 4) is 28.7 Å². The Morgan fingerprint density at radius 2 is 0.578 bits per heavy atom. The Hall–Kier alpha value is -10.1. The molecule has 0 atom stereocenters. The average molecular weight is 1090 g/mol. The minimum Gasteiger partial charge on any atom is -0.278 e. The summed E-state index contributed by atoms with van der Waals surface area (Å²) in [4.78, 5) is 16.7. The van der Waals surface area contributed by atoms with Gasteiger partial charge >= 0.3 is 0 Å². The number of benzene rings is 12. The molecule has 2 heterocycles. The van der Waals surface area contributed by atoms with Crippen LogP contribution in [0.1, 0.15) is 45.2 Å². The Morgan fingerprint density at radius 3 is 0.964 bits per heavy atom. The number of aromatic nitrogens is 4. The zero-order valence-electron chi connectivity index (χ0n) is 45.5. The van der Waals surface area contributed by atoms with Crippen molar-refractivity contribution in [1.82, 2.24) is 19.5 Å². The molecular formula is C77H54N4Si2. The second-order valence-corrected chi connectivity index (χ2v) is 29.7. The van der Waals surface area contributed by atoms with Crippen molar-refractivity contribution in [3.05, 3.63) is 349 Å². The van der Waals surface area contributed by atoms with E-state index in [0.717, 1.165) is 22.2 Å². The van der Waals surface area contributed by atoms with E-state index >= 15 is 0 Å². The average Bonchev–Trinajstić information content (AvgIpc) is 2.56. The van der Waals surface area contributed by atoms with Gasteiger partial charge in [0.15, 0.2) is 27.8 Å². The molecule has 390 valence electrons. The third kappa shape index (κ3) is 7.53. The highest BCUT2D eigenvalue weighted by molar-refractivity contribution is 7.20. The van der Waals surface area contributed by atoms with Gasteiger partial charge in [-0.15, -0.1) is 0 Å². The van der Waals surface area contributed by atoms with Gasteiger partial charge in [0, 0.05) is 33.7 Å². The molecule has 4 nitrogen and oxygen atoms in total. The normalized spacial score (nSPS) is 14.3. The van der Waals surface area contributed by atoms with Gasteiger partial charge in [0.05, 0.1) is 11.0 Å². The van der Waals surface area contributed by atoms with Gasteiger partial charge in [-0.2, -0.15) is 9.97 Å². The van der Waals surface area contributed by atoms with Crippen molar-refractivity contribution in [2.45, 2.75) is 11.8 Å². The fraction of sp³-hybridized carbons (Fsp3) is 0.0260. The van der Waals surface area contributed by atoms with Crippen LogP contribution in [-0.2, 0) is 0 Å². The zero-order valence-corrected chi connectivity index (χ0v) is 47.5. The Bertz CT molecular complexity index is 4280.